The first-order valence-electron chi connectivity index (χ1n) is 6.01. The molecule has 0 spiro atoms. The Morgan fingerprint density at radius 3 is 2.41 bits per heavy atom. The van der Waals surface area contributed by atoms with Gasteiger partial charge in [-0.05, 0) is 24.0 Å². The minimum atomic E-state index is 0. The summed E-state index contributed by atoms with van der Waals surface area (Å²) in [5.74, 6) is 0. The molecule has 0 nitrogen and oxygen atoms in total. The van der Waals surface area contributed by atoms with E-state index in [9.17, 15) is 0 Å². The molecular formula is C16H20V. The molecule has 89 valence electrons. The van der Waals surface area contributed by atoms with Crippen molar-refractivity contribution < 1.29 is 18.6 Å². The summed E-state index contributed by atoms with van der Waals surface area (Å²) in [6, 6.07) is 10.6. The van der Waals surface area contributed by atoms with E-state index < -0.39 is 0 Å². The van der Waals surface area contributed by atoms with Crippen LogP contribution >= 0.6 is 0 Å². The SMILES string of the molecule is C1=CCC=CC(Cc2ccccc2)=C1.CC.[V]. The predicted molar refractivity (Wildman–Crippen MR) is 72.5 cm³/mol. The molecule has 1 aliphatic rings. The van der Waals surface area contributed by atoms with Gasteiger partial charge in [0.2, 0.25) is 0 Å². The maximum absolute atomic E-state index is 2.22. The van der Waals surface area contributed by atoms with E-state index in [1.807, 2.05) is 13.8 Å². The maximum Gasteiger partial charge on any atom is 0 e. The summed E-state index contributed by atoms with van der Waals surface area (Å²) in [5, 5.41) is 0. The molecule has 0 saturated carbocycles. The molecule has 1 aromatic carbocycles. The van der Waals surface area contributed by atoms with Gasteiger partial charge in [0, 0.05) is 18.6 Å². The van der Waals surface area contributed by atoms with Gasteiger partial charge in [0.1, 0.15) is 0 Å². The molecule has 0 heterocycles. The van der Waals surface area contributed by atoms with Gasteiger partial charge < -0.3 is 0 Å². The Morgan fingerprint density at radius 1 is 1.00 bits per heavy atom. The molecule has 0 bridgehead atoms. The second-order valence-electron chi connectivity index (χ2n) is 3.47. The Morgan fingerprint density at radius 2 is 1.71 bits per heavy atom. The van der Waals surface area contributed by atoms with Crippen LogP contribution in [0.1, 0.15) is 25.8 Å². The van der Waals surface area contributed by atoms with Gasteiger partial charge in [0.05, 0.1) is 0 Å². The van der Waals surface area contributed by atoms with Crippen molar-refractivity contribution in [2.75, 3.05) is 0 Å². The van der Waals surface area contributed by atoms with Crippen LogP contribution in [0.4, 0.5) is 0 Å². The molecule has 0 amide bonds. The van der Waals surface area contributed by atoms with E-state index in [0.717, 1.165) is 12.8 Å². The van der Waals surface area contributed by atoms with E-state index in [0.29, 0.717) is 0 Å². The molecule has 0 unspecified atom stereocenters. The Kier molecular flexibility index (Phi) is 9.61. The largest absolute Gasteiger partial charge is 0.0807 e. The third-order valence-corrected chi connectivity index (χ3v) is 2.30. The van der Waals surface area contributed by atoms with Gasteiger partial charge in [-0.1, -0.05) is 74.6 Å². The number of benzene rings is 1. The van der Waals surface area contributed by atoms with Crippen molar-refractivity contribution in [3.63, 3.8) is 0 Å². The number of hydrogen-bond donors (Lipinski definition) is 0. The fourth-order valence-electron chi connectivity index (χ4n) is 1.57. The molecule has 2 rings (SSSR count). The molecule has 17 heavy (non-hydrogen) atoms. The summed E-state index contributed by atoms with van der Waals surface area (Å²) in [6.07, 6.45) is 13.0. The zero-order chi connectivity index (χ0) is 11.6. The van der Waals surface area contributed by atoms with E-state index in [2.05, 4.69) is 60.7 Å². The summed E-state index contributed by atoms with van der Waals surface area (Å²) < 4.78 is 0. The quantitative estimate of drug-likeness (QED) is 0.725. The molecule has 0 saturated heterocycles. The fraction of sp³-hybridized carbons (Fsp3) is 0.250. The van der Waals surface area contributed by atoms with Crippen LogP contribution in [0, 0.1) is 0 Å². The number of rotatable bonds is 2. The molecule has 1 radical (unpaired) electrons. The van der Waals surface area contributed by atoms with E-state index in [1.165, 1.54) is 11.1 Å². The third-order valence-electron chi connectivity index (χ3n) is 2.30. The summed E-state index contributed by atoms with van der Waals surface area (Å²) in [4.78, 5) is 0. The Hall–Kier alpha value is -0.976. The van der Waals surface area contributed by atoms with Crippen molar-refractivity contribution in [3.05, 3.63) is 71.8 Å². The molecule has 0 N–H and O–H groups in total. The Balaban J connectivity index is 0.000000811. The van der Waals surface area contributed by atoms with Crippen LogP contribution in [0.2, 0.25) is 0 Å². The zero-order valence-electron chi connectivity index (χ0n) is 10.6. The van der Waals surface area contributed by atoms with Crippen LogP contribution in [0.15, 0.2) is 66.3 Å². The van der Waals surface area contributed by atoms with E-state index in [4.69, 9.17) is 0 Å². The smallest absolute Gasteiger partial charge is 0 e. The average molecular weight is 263 g/mol. The van der Waals surface area contributed by atoms with Crippen molar-refractivity contribution in [2.24, 2.45) is 0 Å². The van der Waals surface area contributed by atoms with E-state index in [-0.39, 0.29) is 18.6 Å². The van der Waals surface area contributed by atoms with Crippen molar-refractivity contribution in [3.8, 4) is 0 Å². The molecule has 0 atom stereocenters. The average Bonchev–Trinajstić information content (AvgIpc) is 2.62. The number of hydrogen-bond acceptors (Lipinski definition) is 0. The molecule has 1 aliphatic carbocycles. The van der Waals surface area contributed by atoms with Crippen LogP contribution in [-0.4, -0.2) is 0 Å². The van der Waals surface area contributed by atoms with Gasteiger partial charge in [-0.2, -0.15) is 0 Å². The fourth-order valence-corrected chi connectivity index (χ4v) is 1.57. The van der Waals surface area contributed by atoms with E-state index in [1.54, 1.807) is 0 Å². The second-order valence-corrected chi connectivity index (χ2v) is 3.47. The van der Waals surface area contributed by atoms with Gasteiger partial charge in [-0.3, -0.25) is 0 Å². The Labute approximate surface area is 117 Å². The summed E-state index contributed by atoms with van der Waals surface area (Å²) in [5.41, 5.74) is 2.75. The minimum Gasteiger partial charge on any atom is -0.0807 e. The minimum absolute atomic E-state index is 0. The maximum atomic E-state index is 2.22. The predicted octanol–water partition coefficient (Wildman–Crippen LogP) is 4.70. The topological polar surface area (TPSA) is 0 Å². The Bertz CT molecular complexity index is 372. The number of allylic oxidation sites excluding steroid dienone is 6. The van der Waals surface area contributed by atoms with Crippen LogP contribution in [-0.2, 0) is 25.0 Å². The molecule has 0 aliphatic heterocycles. The van der Waals surface area contributed by atoms with Crippen LogP contribution in [0.25, 0.3) is 0 Å². The monoisotopic (exact) mass is 263 g/mol. The van der Waals surface area contributed by atoms with Gasteiger partial charge in [0.15, 0.2) is 0 Å². The first kappa shape index (κ1) is 16.0. The molecule has 0 fully saturated rings. The van der Waals surface area contributed by atoms with Crippen molar-refractivity contribution in [1.82, 2.24) is 0 Å². The van der Waals surface area contributed by atoms with Gasteiger partial charge in [-0.25, -0.2) is 0 Å². The van der Waals surface area contributed by atoms with Gasteiger partial charge in [0.25, 0.3) is 0 Å². The summed E-state index contributed by atoms with van der Waals surface area (Å²) in [7, 11) is 0. The first-order chi connectivity index (χ1) is 7.95. The molecule has 1 heteroatoms. The third kappa shape index (κ3) is 6.36. The zero-order valence-corrected chi connectivity index (χ0v) is 12.0. The van der Waals surface area contributed by atoms with Crippen LogP contribution in [0.3, 0.4) is 0 Å². The first-order valence-corrected chi connectivity index (χ1v) is 6.01. The normalized spacial score (nSPS) is 12.7. The summed E-state index contributed by atoms with van der Waals surface area (Å²) >= 11 is 0. The van der Waals surface area contributed by atoms with Crippen molar-refractivity contribution in [2.45, 2.75) is 26.7 Å². The second kappa shape index (κ2) is 10.2. The van der Waals surface area contributed by atoms with Crippen molar-refractivity contribution in [1.29, 1.82) is 0 Å². The molecule has 1 aromatic rings. The van der Waals surface area contributed by atoms with Crippen LogP contribution < -0.4 is 0 Å². The van der Waals surface area contributed by atoms with E-state index >= 15 is 0 Å². The molecule has 0 aromatic heterocycles. The van der Waals surface area contributed by atoms with Crippen molar-refractivity contribution >= 4 is 0 Å². The standard InChI is InChI=1S/C14H14.C2H6.V/c1-2-5-9-13(8-4-1)12-14-10-6-3-7-11-14;1-2;/h1,3-11H,2,12H2;1-2H3;. The summed E-state index contributed by atoms with van der Waals surface area (Å²) in [6.45, 7) is 4.00. The molecular weight excluding hydrogens is 243 g/mol. The van der Waals surface area contributed by atoms with Crippen LogP contribution in [0.5, 0.6) is 0 Å². The van der Waals surface area contributed by atoms with Gasteiger partial charge in [-0.15, -0.1) is 0 Å². The van der Waals surface area contributed by atoms with Gasteiger partial charge >= 0.3 is 0 Å².